The van der Waals surface area contributed by atoms with Gasteiger partial charge in [0.1, 0.15) is 5.60 Å². The molecule has 2 heterocycles. The Morgan fingerprint density at radius 1 is 1.00 bits per heavy atom. The maximum Gasteiger partial charge on any atom is 0.411 e. The number of rotatable bonds is 8. The molecule has 0 spiro atoms. The first-order valence-electron chi connectivity index (χ1n) is 13.0. The van der Waals surface area contributed by atoms with Crippen LogP contribution in [0.4, 0.5) is 4.79 Å². The van der Waals surface area contributed by atoms with Crippen LogP contribution in [0.2, 0.25) is 0 Å². The van der Waals surface area contributed by atoms with E-state index in [1.807, 2.05) is 75.4 Å². The number of ether oxygens (including phenoxy) is 1. The van der Waals surface area contributed by atoms with Gasteiger partial charge in [-0.25, -0.2) is 13.2 Å². The number of carbonyl (C=O) groups is 1. The van der Waals surface area contributed by atoms with Crippen molar-refractivity contribution in [2.24, 2.45) is 7.05 Å². The minimum Gasteiger partial charge on any atom is -0.438 e. The lowest BCUT2D eigenvalue weighted by Gasteiger charge is -2.48. The predicted octanol–water partition coefficient (Wildman–Crippen LogP) is 4.91. The lowest BCUT2D eigenvalue weighted by Crippen LogP contribution is -2.54. The van der Waals surface area contributed by atoms with Gasteiger partial charge in [-0.1, -0.05) is 54.6 Å². The monoisotopic (exact) mass is 551 g/mol. The van der Waals surface area contributed by atoms with E-state index in [0.29, 0.717) is 19.4 Å². The Kier molecular flexibility index (Phi) is 7.78. The molecule has 3 aromatic rings. The summed E-state index contributed by atoms with van der Waals surface area (Å²) in [5.74, 6) is 0. The van der Waals surface area contributed by atoms with E-state index in [9.17, 15) is 18.0 Å². The van der Waals surface area contributed by atoms with E-state index in [2.05, 4.69) is 0 Å². The van der Waals surface area contributed by atoms with Gasteiger partial charge in [0.25, 0.3) is 0 Å². The fourth-order valence-corrected chi connectivity index (χ4v) is 6.31. The molecule has 0 N–H and O–H groups in total. The standard InChI is InChI=1S/C30H37N3O5S/c1-22(23-12-14-24(15-13-23)25-16-17-27(34)31(4)20-25)33-19-18-30(38-28(33)35,26-10-8-7-9-11-26)21-29(2,3)32(5)39(6,36)37/h7-17,20,22H,18-19,21H2,1-6H3/t22-,30-/m0/s1. The van der Waals surface area contributed by atoms with Gasteiger partial charge in [0.05, 0.1) is 12.3 Å². The molecule has 0 saturated carbocycles. The van der Waals surface area contributed by atoms with Crippen LogP contribution in [0.3, 0.4) is 0 Å². The molecule has 0 bridgehead atoms. The van der Waals surface area contributed by atoms with Crippen LogP contribution in [0.25, 0.3) is 11.1 Å². The quantitative estimate of drug-likeness (QED) is 0.397. The predicted molar refractivity (Wildman–Crippen MR) is 153 cm³/mol. The average molecular weight is 552 g/mol. The first-order valence-corrected chi connectivity index (χ1v) is 14.8. The number of amides is 1. The fourth-order valence-electron chi connectivity index (χ4n) is 5.35. The molecular weight excluding hydrogens is 514 g/mol. The van der Waals surface area contributed by atoms with Gasteiger partial charge < -0.3 is 14.2 Å². The summed E-state index contributed by atoms with van der Waals surface area (Å²) in [6.45, 7) is 6.14. The molecule has 39 heavy (non-hydrogen) atoms. The van der Waals surface area contributed by atoms with Gasteiger partial charge in [-0.3, -0.25) is 4.79 Å². The number of benzene rings is 2. The van der Waals surface area contributed by atoms with E-state index in [1.54, 1.807) is 41.9 Å². The lowest BCUT2D eigenvalue weighted by molar-refractivity contribution is -0.0814. The topological polar surface area (TPSA) is 88.9 Å². The molecule has 1 amide bonds. The highest BCUT2D eigenvalue weighted by molar-refractivity contribution is 7.88. The van der Waals surface area contributed by atoms with Gasteiger partial charge in [0, 0.05) is 51.3 Å². The van der Waals surface area contributed by atoms with Crippen LogP contribution in [-0.4, -0.2) is 53.7 Å². The highest BCUT2D eigenvalue weighted by Gasteiger charge is 2.48. The lowest BCUT2D eigenvalue weighted by atomic mass is 9.78. The summed E-state index contributed by atoms with van der Waals surface area (Å²) in [5, 5.41) is 0. The fraction of sp³-hybridized carbons (Fsp3) is 0.400. The van der Waals surface area contributed by atoms with Gasteiger partial charge >= 0.3 is 6.09 Å². The van der Waals surface area contributed by atoms with E-state index in [0.717, 1.165) is 22.3 Å². The molecule has 0 aliphatic carbocycles. The molecule has 8 nitrogen and oxygen atoms in total. The van der Waals surface area contributed by atoms with E-state index < -0.39 is 27.3 Å². The molecule has 9 heteroatoms. The van der Waals surface area contributed by atoms with Crippen LogP contribution in [0.1, 0.15) is 50.8 Å². The van der Waals surface area contributed by atoms with E-state index in [1.165, 1.54) is 10.6 Å². The van der Waals surface area contributed by atoms with Crippen molar-refractivity contribution in [3.8, 4) is 11.1 Å². The zero-order chi connectivity index (χ0) is 28.6. The second-order valence-corrected chi connectivity index (χ2v) is 13.1. The first-order chi connectivity index (χ1) is 18.2. The third-order valence-electron chi connectivity index (χ3n) is 7.92. The Labute approximate surface area is 230 Å². The SMILES string of the molecule is C[C@@H](c1ccc(-c2ccc(=O)n(C)c2)cc1)N1CC[C@](CC(C)(C)N(C)S(C)(=O)=O)(c2ccccc2)OC1=O. The molecule has 1 aromatic heterocycles. The van der Waals surface area contributed by atoms with Crippen molar-refractivity contribution < 1.29 is 17.9 Å². The molecule has 2 atom stereocenters. The van der Waals surface area contributed by atoms with Gasteiger partial charge in [0.2, 0.25) is 15.6 Å². The van der Waals surface area contributed by atoms with Crippen molar-refractivity contribution in [1.29, 1.82) is 0 Å². The van der Waals surface area contributed by atoms with Crippen molar-refractivity contribution in [3.05, 3.63) is 94.4 Å². The summed E-state index contributed by atoms with van der Waals surface area (Å²) in [6.07, 6.45) is 3.39. The molecular formula is C30H37N3O5S. The van der Waals surface area contributed by atoms with E-state index in [-0.39, 0.29) is 11.6 Å². The molecule has 1 aliphatic heterocycles. The molecule has 2 aromatic carbocycles. The van der Waals surface area contributed by atoms with Gasteiger partial charge in [-0.05, 0) is 49.1 Å². The summed E-state index contributed by atoms with van der Waals surface area (Å²) in [5.41, 5.74) is 1.89. The van der Waals surface area contributed by atoms with Crippen molar-refractivity contribution >= 4 is 16.1 Å². The molecule has 1 fully saturated rings. The average Bonchev–Trinajstić information content (AvgIpc) is 2.89. The summed E-state index contributed by atoms with van der Waals surface area (Å²) < 4.78 is 33.9. The Bertz CT molecular complexity index is 1500. The van der Waals surface area contributed by atoms with Gasteiger partial charge in [0.15, 0.2) is 0 Å². The van der Waals surface area contributed by atoms with Crippen LogP contribution in [0.15, 0.2) is 77.7 Å². The van der Waals surface area contributed by atoms with Crippen LogP contribution in [0, 0.1) is 0 Å². The molecule has 1 aliphatic rings. The Balaban J connectivity index is 1.57. The highest BCUT2D eigenvalue weighted by Crippen LogP contribution is 2.44. The summed E-state index contributed by atoms with van der Waals surface area (Å²) in [7, 11) is -0.173. The zero-order valence-electron chi connectivity index (χ0n) is 23.4. The number of hydrogen-bond donors (Lipinski definition) is 0. The second kappa shape index (κ2) is 10.6. The molecule has 1 saturated heterocycles. The Hall–Kier alpha value is -3.43. The van der Waals surface area contributed by atoms with E-state index in [4.69, 9.17) is 4.74 Å². The van der Waals surface area contributed by atoms with Crippen molar-refractivity contribution in [2.75, 3.05) is 19.8 Å². The number of cyclic esters (lactones) is 1. The first kappa shape index (κ1) is 28.6. The molecule has 4 rings (SSSR count). The summed E-state index contributed by atoms with van der Waals surface area (Å²) in [4.78, 5) is 27.0. The van der Waals surface area contributed by atoms with Crippen molar-refractivity contribution in [1.82, 2.24) is 13.8 Å². The Morgan fingerprint density at radius 3 is 2.18 bits per heavy atom. The number of hydrogen-bond acceptors (Lipinski definition) is 5. The largest absolute Gasteiger partial charge is 0.438 e. The number of aromatic nitrogens is 1. The van der Waals surface area contributed by atoms with Crippen LogP contribution in [-0.2, 0) is 27.4 Å². The normalized spacial score (nSPS) is 19.2. The smallest absolute Gasteiger partial charge is 0.411 e. The third kappa shape index (κ3) is 5.94. The molecule has 208 valence electrons. The maximum absolute atomic E-state index is 13.5. The number of nitrogens with zero attached hydrogens (tertiary/aromatic N) is 3. The number of aryl methyl sites for hydroxylation is 1. The zero-order valence-corrected chi connectivity index (χ0v) is 24.2. The van der Waals surface area contributed by atoms with Gasteiger partial charge in [-0.2, -0.15) is 4.31 Å². The molecule has 0 unspecified atom stereocenters. The van der Waals surface area contributed by atoms with Crippen LogP contribution in [0.5, 0.6) is 0 Å². The van der Waals surface area contributed by atoms with E-state index >= 15 is 0 Å². The van der Waals surface area contributed by atoms with Crippen LogP contribution >= 0.6 is 0 Å². The van der Waals surface area contributed by atoms with Crippen molar-refractivity contribution in [2.45, 2.75) is 50.8 Å². The minimum atomic E-state index is -3.46. The van der Waals surface area contributed by atoms with Gasteiger partial charge in [-0.15, -0.1) is 0 Å². The summed E-state index contributed by atoms with van der Waals surface area (Å²) in [6, 6.07) is 20.6. The maximum atomic E-state index is 13.5. The molecule has 0 radical (unpaired) electrons. The Morgan fingerprint density at radius 2 is 1.62 bits per heavy atom. The van der Waals surface area contributed by atoms with Crippen LogP contribution < -0.4 is 5.56 Å². The number of carbonyl (C=O) groups excluding carboxylic acids is 1. The third-order valence-corrected chi connectivity index (χ3v) is 9.41. The summed E-state index contributed by atoms with van der Waals surface area (Å²) >= 11 is 0. The number of pyridine rings is 1. The minimum absolute atomic E-state index is 0.0643. The number of sulfonamides is 1. The second-order valence-electron chi connectivity index (χ2n) is 11.1. The van der Waals surface area contributed by atoms with Crippen molar-refractivity contribution in [3.63, 3.8) is 0 Å². The highest BCUT2D eigenvalue weighted by atomic mass is 32.2.